The van der Waals surface area contributed by atoms with Gasteiger partial charge in [0.05, 0.1) is 4.87 Å². The molecule has 2 atom stereocenters. The molecule has 4 heterocycles. The Kier molecular flexibility index (Phi) is 4.95. The molecule has 28 heavy (non-hydrogen) atoms. The number of Topliss-reactive ketones (excluding diaryl/α,β-unsaturated/α-hetero) is 1. The number of carbonyl (C=O) groups is 4. The van der Waals surface area contributed by atoms with Gasteiger partial charge in [0.1, 0.15) is 11.7 Å². The van der Waals surface area contributed by atoms with E-state index in [4.69, 9.17) is 4.74 Å². The Bertz CT molecular complexity index is 831. The Balaban J connectivity index is 1.34. The van der Waals surface area contributed by atoms with E-state index in [1.165, 1.54) is 12.3 Å². The number of H-pyrrole nitrogens is 1. The van der Waals surface area contributed by atoms with Gasteiger partial charge in [-0.3, -0.25) is 14.4 Å². The van der Waals surface area contributed by atoms with Crippen LogP contribution >= 0.6 is 11.8 Å². The molecule has 0 radical (unpaired) electrons. The van der Waals surface area contributed by atoms with Crippen LogP contribution in [0.2, 0.25) is 0 Å². The second-order valence-corrected chi connectivity index (χ2v) is 9.10. The van der Waals surface area contributed by atoms with Crippen molar-refractivity contribution >= 4 is 35.3 Å². The van der Waals surface area contributed by atoms with Crippen molar-refractivity contribution in [3.63, 3.8) is 0 Å². The third-order valence-corrected chi connectivity index (χ3v) is 7.20. The summed E-state index contributed by atoms with van der Waals surface area (Å²) in [5.41, 5.74) is 0.667. The van der Waals surface area contributed by atoms with Gasteiger partial charge in [0.2, 0.25) is 11.7 Å². The molecule has 0 bridgehead atoms. The minimum atomic E-state index is -0.642. The van der Waals surface area contributed by atoms with Gasteiger partial charge in [0.25, 0.3) is 5.91 Å². The first-order valence-electron chi connectivity index (χ1n) is 9.53. The number of thioether (sulfide) groups is 1. The summed E-state index contributed by atoms with van der Waals surface area (Å²) < 4.78 is 5.21. The number of amides is 2. The summed E-state index contributed by atoms with van der Waals surface area (Å²) in [5.74, 6) is -0.622. The molecule has 3 aliphatic heterocycles. The molecule has 0 aromatic carbocycles. The second kappa shape index (κ2) is 7.27. The maximum atomic E-state index is 12.4. The average Bonchev–Trinajstić information content (AvgIpc) is 3.45. The summed E-state index contributed by atoms with van der Waals surface area (Å²) in [6.45, 7) is 3.01. The zero-order valence-corrected chi connectivity index (χ0v) is 16.5. The molecule has 0 spiro atoms. The van der Waals surface area contributed by atoms with Gasteiger partial charge in [-0.2, -0.15) is 0 Å². The van der Waals surface area contributed by atoms with Crippen LogP contribution in [0.3, 0.4) is 0 Å². The Morgan fingerprint density at radius 2 is 2.07 bits per heavy atom. The molecular weight excluding hydrogens is 382 g/mol. The summed E-state index contributed by atoms with van der Waals surface area (Å²) in [4.78, 5) is 55.1. The first-order valence-corrected chi connectivity index (χ1v) is 10.5. The number of rotatable bonds is 5. The number of ether oxygens (including phenoxy) is 1. The van der Waals surface area contributed by atoms with Gasteiger partial charge in [-0.1, -0.05) is 0 Å². The van der Waals surface area contributed by atoms with E-state index in [1.807, 2.05) is 6.92 Å². The zero-order valence-electron chi connectivity index (χ0n) is 15.7. The lowest BCUT2D eigenvalue weighted by Crippen LogP contribution is -2.46. The van der Waals surface area contributed by atoms with E-state index in [1.54, 1.807) is 21.6 Å². The molecule has 1 aromatic heterocycles. The first kappa shape index (κ1) is 19.0. The summed E-state index contributed by atoms with van der Waals surface area (Å²) >= 11 is 1.58. The van der Waals surface area contributed by atoms with Crippen molar-refractivity contribution in [2.45, 2.75) is 43.5 Å². The van der Waals surface area contributed by atoms with Crippen molar-refractivity contribution in [3.05, 3.63) is 23.5 Å². The van der Waals surface area contributed by atoms with E-state index < -0.39 is 18.6 Å². The van der Waals surface area contributed by atoms with Gasteiger partial charge in [0, 0.05) is 37.0 Å². The molecule has 3 aliphatic rings. The summed E-state index contributed by atoms with van der Waals surface area (Å²) in [6.07, 6.45) is 4.60. The molecule has 4 rings (SSSR count). The van der Waals surface area contributed by atoms with Crippen molar-refractivity contribution in [3.8, 4) is 0 Å². The van der Waals surface area contributed by atoms with Gasteiger partial charge < -0.3 is 19.5 Å². The van der Waals surface area contributed by atoms with Gasteiger partial charge in [0.15, 0.2) is 6.61 Å². The summed E-state index contributed by atoms with van der Waals surface area (Å²) in [7, 11) is 0. The molecule has 1 aromatic rings. The fraction of sp³-hybridized carbons (Fsp3) is 0.579. The molecule has 3 fully saturated rings. The Hall–Kier alpha value is -2.29. The Morgan fingerprint density at radius 3 is 2.82 bits per heavy atom. The minimum absolute atomic E-state index is 0.0449. The number of aromatic nitrogens is 1. The zero-order chi connectivity index (χ0) is 19.9. The second-order valence-electron chi connectivity index (χ2n) is 7.60. The lowest BCUT2D eigenvalue weighted by molar-refractivity contribution is -0.152. The summed E-state index contributed by atoms with van der Waals surface area (Å²) in [6, 6.07) is 0.861. The maximum absolute atomic E-state index is 12.4. The van der Waals surface area contributed by atoms with Crippen LogP contribution in [0.25, 0.3) is 0 Å². The van der Waals surface area contributed by atoms with E-state index in [9.17, 15) is 19.2 Å². The lowest BCUT2D eigenvalue weighted by atomic mass is 10.2. The number of hydrogen-bond acceptors (Lipinski definition) is 6. The Labute approximate surface area is 166 Å². The average molecular weight is 405 g/mol. The van der Waals surface area contributed by atoms with Gasteiger partial charge in [-0.25, -0.2) is 4.79 Å². The number of fused-ring (bicyclic) bond motifs is 1. The van der Waals surface area contributed by atoms with Crippen molar-refractivity contribution in [1.82, 2.24) is 14.8 Å². The lowest BCUT2D eigenvalue weighted by Gasteiger charge is -2.29. The molecule has 2 amide bonds. The van der Waals surface area contributed by atoms with Crippen molar-refractivity contribution in [1.29, 1.82) is 0 Å². The van der Waals surface area contributed by atoms with Crippen molar-refractivity contribution < 1.29 is 23.9 Å². The molecular formula is C19H23N3O5S. The van der Waals surface area contributed by atoms with Crippen LogP contribution in [0, 0.1) is 0 Å². The Morgan fingerprint density at radius 1 is 1.32 bits per heavy atom. The predicted molar refractivity (Wildman–Crippen MR) is 102 cm³/mol. The highest BCUT2D eigenvalue weighted by Gasteiger charge is 2.53. The first-order chi connectivity index (χ1) is 13.4. The fourth-order valence-corrected chi connectivity index (χ4v) is 5.50. The van der Waals surface area contributed by atoms with Crippen molar-refractivity contribution in [2.24, 2.45) is 0 Å². The highest BCUT2D eigenvalue weighted by atomic mass is 32.2. The minimum Gasteiger partial charge on any atom is -0.456 e. The monoisotopic (exact) mass is 405 g/mol. The molecule has 150 valence electrons. The molecule has 3 saturated heterocycles. The van der Waals surface area contributed by atoms with E-state index in [0.717, 1.165) is 32.4 Å². The van der Waals surface area contributed by atoms with Crippen LogP contribution in [0.15, 0.2) is 12.3 Å². The van der Waals surface area contributed by atoms with Crippen LogP contribution in [0.4, 0.5) is 0 Å². The number of likely N-dealkylation sites (tertiary alicyclic amines) is 1. The fourth-order valence-electron chi connectivity index (χ4n) is 4.08. The number of hydrogen-bond donors (Lipinski definition) is 1. The number of aromatic amines is 1. The van der Waals surface area contributed by atoms with E-state index in [2.05, 4.69) is 4.98 Å². The topological polar surface area (TPSA) is 99.8 Å². The van der Waals surface area contributed by atoms with Crippen LogP contribution in [0.5, 0.6) is 0 Å². The SMILES string of the molecule is C[C@@]12CCC(=O)N1[C@@H](C(=O)OCC(=O)c1c[nH]c(C(=O)N3CCCC3)c1)CS2. The normalized spacial score (nSPS) is 26.6. The van der Waals surface area contributed by atoms with Crippen molar-refractivity contribution in [2.75, 3.05) is 25.4 Å². The smallest absolute Gasteiger partial charge is 0.330 e. The molecule has 8 nitrogen and oxygen atoms in total. The molecule has 9 heteroatoms. The third kappa shape index (κ3) is 3.32. The maximum Gasteiger partial charge on any atom is 0.330 e. The van der Waals surface area contributed by atoms with Gasteiger partial charge >= 0.3 is 5.97 Å². The molecule has 1 N–H and O–H groups in total. The van der Waals surface area contributed by atoms with Crippen LogP contribution in [0.1, 0.15) is 53.5 Å². The quantitative estimate of drug-likeness (QED) is 0.588. The standard InChI is InChI=1S/C19H23N3O5S/c1-19-5-4-16(24)22(19)14(11-28-19)18(26)27-10-15(23)12-8-13(20-9-12)17(25)21-6-2-3-7-21/h8-9,14,20H,2-7,10-11H2,1H3/t14-,19-/m1/s1. The highest BCUT2D eigenvalue weighted by molar-refractivity contribution is 8.01. The largest absolute Gasteiger partial charge is 0.456 e. The van der Waals surface area contributed by atoms with Gasteiger partial charge in [-0.15, -0.1) is 11.8 Å². The van der Waals surface area contributed by atoms with E-state index >= 15 is 0 Å². The van der Waals surface area contributed by atoms with Crippen LogP contribution in [-0.2, 0) is 14.3 Å². The molecule has 0 unspecified atom stereocenters. The number of nitrogens with zero attached hydrogens (tertiary/aromatic N) is 2. The van der Waals surface area contributed by atoms with Crippen LogP contribution in [-0.4, -0.2) is 74.7 Å². The summed E-state index contributed by atoms with van der Waals surface area (Å²) in [5, 5.41) is 0. The number of ketones is 1. The molecule has 0 saturated carbocycles. The number of carbonyl (C=O) groups excluding carboxylic acids is 4. The number of esters is 1. The van der Waals surface area contributed by atoms with Crippen LogP contribution < -0.4 is 0 Å². The van der Waals surface area contributed by atoms with E-state index in [0.29, 0.717) is 23.4 Å². The predicted octanol–water partition coefficient (Wildman–Crippen LogP) is 1.43. The van der Waals surface area contributed by atoms with E-state index in [-0.39, 0.29) is 22.5 Å². The highest BCUT2D eigenvalue weighted by Crippen LogP contribution is 2.47. The number of nitrogens with one attached hydrogen (secondary N) is 1. The third-order valence-electron chi connectivity index (χ3n) is 5.69. The molecule has 0 aliphatic carbocycles. The van der Waals surface area contributed by atoms with Gasteiger partial charge in [-0.05, 0) is 32.3 Å².